The van der Waals surface area contributed by atoms with Gasteiger partial charge >= 0.3 is 0 Å². The molecule has 80 heavy (non-hydrogen) atoms. The van der Waals surface area contributed by atoms with Gasteiger partial charge in [-0.05, 0) is 128 Å². The number of benzene rings is 10. The zero-order valence-corrected chi connectivity index (χ0v) is 45.3. The summed E-state index contributed by atoms with van der Waals surface area (Å²) in [7, 11) is 0. The molecular formula is C75H58N4O. The molecule has 0 radical (unpaired) electrons. The fraction of sp³-hybridized carbons (Fsp3) is 0.133. The number of ether oxygens (including phenoxy) is 1. The van der Waals surface area contributed by atoms with Crippen LogP contribution in [0, 0.1) is 6.92 Å². The lowest BCUT2D eigenvalue weighted by Crippen LogP contribution is -2.61. The molecule has 7 aliphatic rings. The SMILES string of the molecule is Cc1cc(-n2c3ccccc3c3ccc(Oc4cccc(N5CN(C67c8ccccc8C(c8ccccc8)(c8ccccc86)C6c8ccccc8C7c7ccccc76)c6ccccc65)c4)cc32)ncc1-c1ccc(C(C)(C)C)cc1. The molecule has 4 bridgehead atoms. The third kappa shape index (κ3) is 6.43. The second-order valence-electron chi connectivity index (χ2n) is 23.5. The van der Waals surface area contributed by atoms with Gasteiger partial charge in [-0.1, -0.05) is 209 Å². The van der Waals surface area contributed by atoms with E-state index in [2.05, 4.69) is 291 Å². The smallest absolute Gasteiger partial charge is 0.137 e. The fourth-order valence-electron chi connectivity index (χ4n) is 15.1. The van der Waals surface area contributed by atoms with Crippen molar-refractivity contribution in [1.82, 2.24) is 9.55 Å². The highest BCUT2D eigenvalue weighted by atomic mass is 16.5. The Labute approximate surface area is 467 Å². The lowest BCUT2D eigenvalue weighted by Gasteiger charge is -2.63. The van der Waals surface area contributed by atoms with Crippen LogP contribution in [0.2, 0.25) is 0 Å². The number of fused-ring (bicyclic) bond motifs is 4. The minimum absolute atomic E-state index is 0.0400. The van der Waals surface area contributed by atoms with E-state index in [-0.39, 0.29) is 17.3 Å². The first-order valence-electron chi connectivity index (χ1n) is 28.2. The van der Waals surface area contributed by atoms with Gasteiger partial charge in [0.1, 0.15) is 22.9 Å². The highest BCUT2D eigenvalue weighted by molar-refractivity contribution is 6.09. The summed E-state index contributed by atoms with van der Waals surface area (Å²) in [6.45, 7) is 9.56. The summed E-state index contributed by atoms with van der Waals surface area (Å²) in [4.78, 5) is 10.4. The van der Waals surface area contributed by atoms with Gasteiger partial charge in [-0.25, -0.2) is 4.98 Å². The van der Waals surface area contributed by atoms with E-state index >= 15 is 0 Å². The zero-order chi connectivity index (χ0) is 53.5. The normalized spacial score (nSPS) is 19.2. The molecule has 10 aromatic carbocycles. The molecule has 0 saturated carbocycles. The van der Waals surface area contributed by atoms with E-state index in [9.17, 15) is 0 Å². The van der Waals surface area contributed by atoms with Crippen LogP contribution in [-0.4, -0.2) is 16.2 Å². The minimum atomic E-state index is -0.679. The molecule has 2 aromatic heterocycles. The van der Waals surface area contributed by atoms with Crippen molar-refractivity contribution in [2.24, 2.45) is 0 Å². The summed E-state index contributed by atoms with van der Waals surface area (Å²) in [5.41, 5.74) is 21.6. The molecule has 1 aliphatic heterocycles. The van der Waals surface area contributed by atoms with Gasteiger partial charge in [-0.2, -0.15) is 0 Å². The number of hydrogen-bond donors (Lipinski definition) is 0. The lowest BCUT2D eigenvalue weighted by molar-refractivity contribution is 0.345. The van der Waals surface area contributed by atoms with Crippen LogP contribution in [0.3, 0.4) is 0 Å². The van der Waals surface area contributed by atoms with Gasteiger partial charge in [0.15, 0.2) is 0 Å². The number of aryl methyl sites for hydroxylation is 1. The van der Waals surface area contributed by atoms with E-state index in [1.165, 1.54) is 77.8 Å². The predicted molar refractivity (Wildman–Crippen MR) is 326 cm³/mol. The first-order chi connectivity index (χ1) is 39.2. The van der Waals surface area contributed by atoms with Gasteiger partial charge in [-0.3, -0.25) is 4.57 Å². The van der Waals surface area contributed by atoms with Gasteiger partial charge in [-0.15, -0.1) is 0 Å². The second kappa shape index (κ2) is 17.3. The number of rotatable bonds is 7. The van der Waals surface area contributed by atoms with Crippen LogP contribution in [0.5, 0.6) is 11.5 Å². The third-order valence-electron chi connectivity index (χ3n) is 18.4. The molecule has 5 heteroatoms. The largest absolute Gasteiger partial charge is 0.457 e. The molecule has 0 unspecified atom stereocenters. The summed E-state index contributed by atoms with van der Waals surface area (Å²) in [6, 6.07) is 93.1. The number of hydrogen-bond acceptors (Lipinski definition) is 4. The summed E-state index contributed by atoms with van der Waals surface area (Å²) < 4.78 is 9.29. The van der Waals surface area contributed by atoms with Crippen molar-refractivity contribution in [2.45, 2.75) is 55.9 Å². The molecule has 19 rings (SSSR count). The molecule has 0 fully saturated rings. The fourth-order valence-corrected chi connectivity index (χ4v) is 15.1. The molecular weight excluding hydrogens is 973 g/mol. The van der Waals surface area contributed by atoms with Crippen LogP contribution in [0.1, 0.15) is 93.8 Å². The number of anilines is 3. The first-order valence-corrected chi connectivity index (χ1v) is 28.2. The van der Waals surface area contributed by atoms with E-state index in [0.717, 1.165) is 50.7 Å². The topological polar surface area (TPSA) is 33.5 Å². The molecule has 0 amide bonds. The Morgan fingerprint density at radius 1 is 0.487 bits per heavy atom. The predicted octanol–water partition coefficient (Wildman–Crippen LogP) is 18.0. The van der Waals surface area contributed by atoms with E-state index < -0.39 is 11.0 Å². The number of nitrogens with zero attached hydrogens (tertiary/aromatic N) is 4. The van der Waals surface area contributed by atoms with Crippen LogP contribution in [0.25, 0.3) is 38.8 Å². The molecule has 5 nitrogen and oxygen atoms in total. The second-order valence-corrected chi connectivity index (χ2v) is 23.5. The number of pyridine rings is 1. The Morgan fingerprint density at radius 3 is 1.74 bits per heavy atom. The molecule has 0 N–H and O–H groups in total. The standard InChI is InChI=1S/C75H58N4O/c1-48-43-70(76-46-61(48)49-37-39-50(40-38-49)73(2,3)4)79-66-34-17-12-25-55(66)56-42-41-54(45-69(56)79)80-53-24-20-23-52(44-53)77-47-78(68-36-19-18-35-67(68)77)75-64-32-15-13-30-62(64)74(51-21-6-5-7-22-51,63-31-14-16-33-65(63)75)71-57-26-8-10-28-59(57)72(75)60-29-11-9-27-58(60)71/h5-46,71-72H,47H2,1-4H3. The van der Waals surface area contributed by atoms with Crippen LogP contribution in [-0.2, 0) is 16.4 Å². The molecule has 0 saturated heterocycles. The van der Waals surface area contributed by atoms with Crippen molar-refractivity contribution >= 4 is 38.9 Å². The van der Waals surface area contributed by atoms with Crippen molar-refractivity contribution < 1.29 is 4.74 Å². The van der Waals surface area contributed by atoms with Gasteiger partial charge in [0.2, 0.25) is 0 Å². The molecule has 3 heterocycles. The summed E-state index contributed by atoms with van der Waals surface area (Å²) >= 11 is 0. The quantitative estimate of drug-likeness (QED) is 0.159. The van der Waals surface area contributed by atoms with Crippen molar-refractivity contribution in [3.05, 3.63) is 316 Å². The van der Waals surface area contributed by atoms with Gasteiger partial charge in [0, 0.05) is 52.2 Å². The molecule has 0 atom stereocenters. The highest BCUT2D eigenvalue weighted by Crippen LogP contribution is 2.71. The maximum atomic E-state index is 7.01. The third-order valence-corrected chi connectivity index (χ3v) is 18.4. The minimum Gasteiger partial charge on any atom is -0.457 e. The van der Waals surface area contributed by atoms with Crippen molar-refractivity contribution in [3.63, 3.8) is 0 Å². The van der Waals surface area contributed by atoms with Gasteiger partial charge < -0.3 is 14.5 Å². The monoisotopic (exact) mass is 1030 g/mol. The maximum Gasteiger partial charge on any atom is 0.137 e. The lowest BCUT2D eigenvalue weighted by atomic mass is 9.43. The summed E-state index contributed by atoms with van der Waals surface area (Å²) in [5, 5.41) is 2.32. The van der Waals surface area contributed by atoms with Crippen molar-refractivity contribution in [3.8, 4) is 28.4 Å². The highest BCUT2D eigenvalue weighted by Gasteiger charge is 2.66. The van der Waals surface area contributed by atoms with E-state index in [0.29, 0.717) is 6.67 Å². The maximum absolute atomic E-state index is 7.01. The Hall–Kier alpha value is -9.45. The average Bonchev–Trinajstić information content (AvgIpc) is 3.37. The van der Waals surface area contributed by atoms with Crippen LogP contribution in [0.15, 0.2) is 255 Å². The summed E-state index contributed by atoms with van der Waals surface area (Å²) in [5.74, 6) is 2.39. The Kier molecular flexibility index (Phi) is 10.1. The zero-order valence-electron chi connectivity index (χ0n) is 45.3. The first kappa shape index (κ1) is 46.6. The van der Waals surface area contributed by atoms with E-state index in [1.54, 1.807) is 0 Å². The van der Waals surface area contributed by atoms with Crippen molar-refractivity contribution in [2.75, 3.05) is 16.5 Å². The van der Waals surface area contributed by atoms with Crippen LogP contribution >= 0.6 is 0 Å². The Balaban J connectivity index is 0.822. The van der Waals surface area contributed by atoms with E-state index in [1.807, 2.05) is 6.20 Å². The summed E-state index contributed by atoms with van der Waals surface area (Å²) in [6.07, 6.45) is 2.03. The Morgan fingerprint density at radius 2 is 1.06 bits per heavy atom. The molecule has 384 valence electrons. The Bertz CT molecular complexity index is 4370. The van der Waals surface area contributed by atoms with Crippen molar-refractivity contribution in [1.29, 1.82) is 0 Å². The molecule has 0 spiro atoms. The molecule has 6 aliphatic carbocycles. The van der Waals surface area contributed by atoms with Crippen LogP contribution in [0.4, 0.5) is 17.1 Å². The molecule has 12 aromatic rings. The van der Waals surface area contributed by atoms with Crippen LogP contribution < -0.4 is 14.5 Å². The van der Waals surface area contributed by atoms with Gasteiger partial charge in [0.25, 0.3) is 0 Å². The van der Waals surface area contributed by atoms with Gasteiger partial charge in [0.05, 0.1) is 34.5 Å². The average molecular weight is 1030 g/mol. The van der Waals surface area contributed by atoms with E-state index in [4.69, 9.17) is 9.72 Å². The number of aromatic nitrogens is 2. The number of para-hydroxylation sites is 3.